The van der Waals surface area contributed by atoms with Gasteiger partial charge in [0.25, 0.3) is 0 Å². The van der Waals surface area contributed by atoms with E-state index >= 15 is 0 Å². The molecule has 0 radical (unpaired) electrons. The van der Waals surface area contributed by atoms with E-state index < -0.39 is 29.5 Å². The van der Waals surface area contributed by atoms with Crippen LogP contribution in [0.25, 0.3) is 0 Å². The summed E-state index contributed by atoms with van der Waals surface area (Å²) < 4.78 is 0. The van der Waals surface area contributed by atoms with E-state index in [2.05, 4.69) is 6.92 Å². The van der Waals surface area contributed by atoms with Crippen LogP contribution in [0.3, 0.4) is 0 Å². The van der Waals surface area contributed by atoms with Gasteiger partial charge in [0, 0.05) is 16.7 Å². The second-order valence-corrected chi connectivity index (χ2v) is 9.19. The molecule has 0 saturated heterocycles. The fourth-order valence-corrected chi connectivity index (χ4v) is 6.92. The minimum absolute atomic E-state index is 0. The van der Waals surface area contributed by atoms with E-state index in [1.165, 1.54) is 0 Å². The molecule has 3 saturated carbocycles. The third-order valence-electron chi connectivity index (χ3n) is 8.25. The number of ketones is 2. The Balaban J connectivity index is 0.00000140. The number of rotatable bonds is 2. The molecule has 0 heterocycles. The van der Waals surface area contributed by atoms with Gasteiger partial charge < -0.3 is 26.3 Å². The zero-order valence-electron chi connectivity index (χ0n) is 16.4. The molecule has 4 aliphatic rings. The minimum atomic E-state index is -1.56. The highest BCUT2D eigenvalue weighted by Crippen LogP contribution is 2.67. The van der Waals surface area contributed by atoms with Crippen molar-refractivity contribution in [2.24, 2.45) is 28.6 Å². The van der Waals surface area contributed by atoms with Gasteiger partial charge in [0.15, 0.2) is 11.6 Å². The molecule has 3 fully saturated rings. The number of carbonyl (C=O) groups is 2. The first-order valence-corrected chi connectivity index (χ1v) is 9.66. The molecule has 158 valence electrons. The molecule has 7 atom stereocenters. The van der Waals surface area contributed by atoms with Crippen LogP contribution in [0.1, 0.15) is 46.0 Å². The lowest BCUT2D eigenvalue weighted by Gasteiger charge is -2.59. The lowest BCUT2D eigenvalue weighted by atomic mass is 9.46. The zero-order valence-corrected chi connectivity index (χ0v) is 16.4. The Hall–Kier alpha value is -1.38. The van der Waals surface area contributed by atoms with Crippen LogP contribution in [0.4, 0.5) is 0 Å². The molecule has 28 heavy (non-hydrogen) atoms. The monoisotopic (exact) mass is 396 g/mol. The Morgan fingerprint density at radius 3 is 2.57 bits per heavy atom. The second-order valence-electron chi connectivity index (χ2n) is 9.19. The van der Waals surface area contributed by atoms with Crippen molar-refractivity contribution in [1.29, 1.82) is 0 Å². The Morgan fingerprint density at radius 1 is 1.25 bits per heavy atom. The van der Waals surface area contributed by atoms with Crippen LogP contribution < -0.4 is 0 Å². The standard InChI is InChI=1S/C21H28O5.2H2O/c1-19-7-5-13(23)9-12(19)3-4-14-15-6-8-21(26,17(25)11-22)20(15,2)10-16(24)18(14)19;;/h5,7,9,14-16,18,22,24,26H,3-4,6,8,10-11H2,1-2H3;2*1H2/t14-,15-,16-,18+,19-,20-,21-;;/m0../s1. The van der Waals surface area contributed by atoms with Crippen LogP contribution in [0.5, 0.6) is 0 Å². The van der Waals surface area contributed by atoms with Crippen molar-refractivity contribution in [3.63, 3.8) is 0 Å². The molecule has 4 aliphatic carbocycles. The Bertz CT molecular complexity index is 728. The molecule has 7 N–H and O–H groups in total. The second kappa shape index (κ2) is 7.15. The highest BCUT2D eigenvalue weighted by molar-refractivity contribution is 6.01. The van der Waals surface area contributed by atoms with Gasteiger partial charge in [-0.15, -0.1) is 0 Å². The summed E-state index contributed by atoms with van der Waals surface area (Å²) >= 11 is 0. The average Bonchev–Trinajstić information content (AvgIpc) is 2.86. The van der Waals surface area contributed by atoms with E-state index in [-0.39, 0.29) is 39.9 Å². The van der Waals surface area contributed by atoms with Gasteiger partial charge in [0.05, 0.1) is 6.10 Å². The highest BCUT2D eigenvalue weighted by Gasteiger charge is 2.67. The van der Waals surface area contributed by atoms with Gasteiger partial charge in [0.1, 0.15) is 12.2 Å². The number of hydrogen-bond acceptors (Lipinski definition) is 5. The molecule has 7 heteroatoms. The SMILES string of the molecule is C[C@]12C=CC(=O)C=C1CC[C@@H]1[C@@H]2[C@@H](O)C[C@@]2(C)[C@H]1CC[C@]2(O)C(=O)CO.O.O. The van der Waals surface area contributed by atoms with Gasteiger partial charge in [-0.3, -0.25) is 9.59 Å². The van der Waals surface area contributed by atoms with Crippen molar-refractivity contribution >= 4 is 11.6 Å². The molecular weight excluding hydrogens is 364 g/mol. The first kappa shape index (κ1) is 22.9. The highest BCUT2D eigenvalue weighted by atomic mass is 16.3. The molecule has 0 unspecified atom stereocenters. The third kappa shape index (κ3) is 2.68. The van der Waals surface area contributed by atoms with E-state index in [1.807, 2.05) is 13.0 Å². The third-order valence-corrected chi connectivity index (χ3v) is 8.25. The number of Topliss-reactive ketones (excluding diaryl/α,β-unsaturated/α-hetero) is 1. The van der Waals surface area contributed by atoms with Crippen molar-refractivity contribution in [2.75, 3.05) is 6.61 Å². The zero-order chi connectivity index (χ0) is 18.9. The van der Waals surface area contributed by atoms with Crippen molar-refractivity contribution in [2.45, 2.75) is 57.7 Å². The summed E-state index contributed by atoms with van der Waals surface area (Å²) in [5.74, 6) is -0.227. The summed E-state index contributed by atoms with van der Waals surface area (Å²) in [5.41, 5.74) is -1.54. The molecule has 0 aromatic carbocycles. The molecule has 0 bridgehead atoms. The van der Waals surface area contributed by atoms with Crippen LogP contribution >= 0.6 is 0 Å². The van der Waals surface area contributed by atoms with Crippen LogP contribution in [0.2, 0.25) is 0 Å². The summed E-state index contributed by atoms with van der Waals surface area (Å²) in [6.45, 7) is 3.34. The minimum Gasteiger partial charge on any atom is -0.412 e. The largest absolute Gasteiger partial charge is 0.412 e. The number of carbonyl (C=O) groups excluding carboxylic acids is 2. The predicted molar refractivity (Wildman–Crippen MR) is 102 cm³/mol. The fraction of sp³-hybridized carbons (Fsp3) is 0.714. The lowest BCUT2D eigenvalue weighted by Crippen LogP contribution is -2.61. The quantitative estimate of drug-likeness (QED) is 0.594. The summed E-state index contributed by atoms with van der Waals surface area (Å²) in [6, 6.07) is 0. The Kier molecular flexibility index (Phi) is 5.84. The number of aliphatic hydroxyl groups excluding tert-OH is 2. The van der Waals surface area contributed by atoms with Crippen molar-refractivity contribution < 1.29 is 35.9 Å². The van der Waals surface area contributed by atoms with Gasteiger partial charge in [-0.1, -0.05) is 25.5 Å². The number of fused-ring (bicyclic) bond motifs is 5. The maximum Gasteiger partial charge on any atom is 0.190 e. The summed E-state index contributed by atoms with van der Waals surface area (Å²) in [7, 11) is 0. The smallest absolute Gasteiger partial charge is 0.190 e. The fourth-order valence-electron chi connectivity index (χ4n) is 6.92. The van der Waals surface area contributed by atoms with E-state index in [0.29, 0.717) is 12.8 Å². The number of aliphatic hydroxyl groups is 3. The summed E-state index contributed by atoms with van der Waals surface area (Å²) in [4.78, 5) is 24.2. The molecule has 0 aromatic rings. The van der Waals surface area contributed by atoms with Gasteiger partial charge in [-0.25, -0.2) is 0 Å². The van der Waals surface area contributed by atoms with E-state index in [0.717, 1.165) is 24.8 Å². The van der Waals surface area contributed by atoms with Crippen LogP contribution in [-0.2, 0) is 9.59 Å². The average molecular weight is 396 g/mol. The molecular formula is C21H32O7. The van der Waals surface area contributed by atoms with Crippen LogP contribution in [-0.4, -0.2) is 56.2 Å². The van der Waals surface area contributed by atoms with Crippen molar-refractivity contribution in [3.8, 4) is 0 Å². The van der Waals surface area contributed by atoms with Gasteiger partial charge in [-0.05, 0) is 56.1 Å². The number of allylic oxidation sites excluding steroid dienone is 4. The molecule has 7 nitrogen and oxygen atoms in total. The van der Waals surface area contributed by atoms with E-state index in [4.69, 9.17) is 0 Å². The lowest BCUT2D eigenvalue weighted by molar-refractivity contribution is -0.178. The van der Waals surface area contributed by atoms with Crippen LogP contribution in [0.15, 0.2) is 23.8 Å². The normalized spacial score (nSPS) is 46.3. The molecule has 0 spiro atoms. The van der Waals surface area contributed by atoms with Gasteiger partial charge in [0.2, 0.25) is 0 Å². The van der Waals surface area contributed by atoms with Crippen LogP contribution in [0, 0.1) is 28.6 Å². The summed E-state index contributed by atoms with van der Waals surface area (Å²) in [6.07, 6.45) is 7.68. The molecule has 0 aliphatic heterocycles. The maximum atomic E-state index is 12.4. The van der Waals surface area contributed by atoms with Crippen molar-refractivity contribution in [1.82, 2.24) is 0 Å². The molecule has 4 rings (SSSR count). The first-order valence-electron chi connectivity index (χ1n) is 9.66. The molecule has 0 aromatic heterocycles. The first-order chi connectivity index (χ1) is 12.2. The number of hydrogen-bond donors (Lipinski definition) is 3. The summed E-state index contributed by atoms with van der Waals surface area (Å²) in [5, 5.41) is 31.7. The van der Waals surface area contributed by atoms with Gasteiger partial charge in [-0.2, -0.15) is 0 Å². The topological polar surface area (TPSA) is 158 Å². The van der Waals surface area contributed by atoms with Gasteiger partial charge >= 0.3 is 0 Å². The van der Waals surface area contributed by atoms with E-state index in [1.54, 1.807) is 12.2 Å². The Labute approximate surface area is 164 Å². The van der Waals surface area contributed by atoms with E-state index in [9.17, 15) is 24.9 Å². The predicted octanol–water partition coefficient (Wildman–Crippen LogP) is -0.0918. The molecule has 0 amide bonds. The maximum absolute atomic E-state index is 12.4. The van der Waals surface area contributed by atoms with Crippen molar-refractivity contribution in [3.05, 3.63) is 23.8 Å². The Morgan fingerprint density at radius 2 is 1.93 bits per heavy atom.